The predicted octanol–water partition coefficient (Wildman–Crippen LogP) is 3.00. The number of rotatable bonds is 6. The van der Waals surface area contributed by atoms with Gasteiger partial charge in [0.2, 0.25) is 11.8 Å². The molecule has 1 heterocycles. The van der Waals surface area contributed by atoms with Crippen LogP contribution in [0.25, 0.3) is 6.08 Å². The van der Waals surface area contributed by atoms with Crippen molar-refractivity contribution in [1.82, 2.24) is 4.90 Å². The lowest BCUT2D eigenvalue weighted by Crippen LogP contribution is -2.41. The molecule has 0 aromatic heterocycles. The minimum absolute atomic E-state index is 0.0395. The number of amides is 2. The fourth-order valence-electron chi connectivity index (χ4n) is 3.07. The van der Waals surface area contributed by atoms with Gasteiger partial charge in [-0.05, 0) is 42.2 Å². The summed E-state index contributed by atoms with van der Waals surface area (Å²) >= 11 is 0. The molecular weight excluding hydrogens is 340 g/mol. The topological polar surface area (TPSA) is 72.6 Å². The molecule has 0 saturated carbocycles. The number of nitrogens with zero attached hydrogens (tertiary/aromatic N) is 1. The summed E-state index contributed by atoms with van der Waals surface area (Å²) in [4.78, 5) is 25.2. The summed E-state index contributed by atoms with van der Waals surface area (Å²) in [6.07, 6.45) is 4.65. The third kappa shape index (κ3) is 5.45. The van der Waals surface area contributed by atoms with E-state index in [1.165, 1.54) is 0 Å². The number of nitrogens with two attached hydrogens (primary N) is 1. The molecule has 5 nitrogen and oxygen atoms in total. The molecule has 27 heavy (non-hydrogen) atoms. The van der Waals surface area contributed by atoms with Crippen LogP contribution in [0.3, 0.4) is 0 Å². The zero-order chi connectivity index (χ0) is 19.1. The van der Waals surface area contributed by atoms with Crippen molar-refractivity contribution in [1.29, 1.82) is 0 Å². The molecule has 3 rings (SSSR count). The van der Waals surface area contributed by atoms with Crippen LogP contribution in [0, 0.1) is 5.92 Å². The van der Waals surface area contributed by atoms with E-state index in [4.69, 9.17) is 10.5 Å². The van der Waals surface area contributed by atoms with Crippen LogP contribution < -0.4 is 10.5 Å². The second-order valence-electron chi connectivity index (χ2n) is 6.68. The lowest BCUT2D eigenvalue weighted by atomic mass is 9.96. The average molecular weight is 364 g/mol. The highest BCUT2D eigenvalue weighted by Gasteiger charge is 2.24. The van der Waals surface area contributed by atoms with Crippen LogP contribution in [-0.4, -0.2) is 29.8 Å². The Balaban J connectivity index is 1.49. The third-order valence-electron chi connectivity index (χ3n) is 4.76. The molecule has 1 fully saturated rings. The second-order valence-corrected chi connectivity index (χ2v) is 6.68. The van der Waals surface area contributed by atoms with Crippen LogP contribution in [0.2, 0.25) is 0 Å². The molecule has 1 aliphatic heterocycles. The lowest BCUT2D eigenvalue weighted by molar-refractivity contribution is -0.130. The zero-order valence-corrected chi connectivity index (χ0v) is 15.2. The Labute approximate surface area is 159 Å². The number of hydrogen-bond acceptors (Lipinski definition) is 3. The largest absolute Gasteiger partial charge is 0.489 e. The van der Waals surface area contributed by atoms with Gasteiger partial charge < -0.3 is 15.4 Å². The van der Waals surface area contributed by atoms with E-state index in [0.29, 0.717) is 32.5 Å². The van der Waals surface area contributed by atoms with E-state index in [2.05, 4.69) is 0 Å². The summed E-state index contributed by atoms with van der Waals surface area (Å²) in [7, 11) is 0. The summed E-state index contributed by atoms with van der Waals surface area (Å²) in [5, 5.41) is 0. The van der Waals surface area contributed by atoms with Crippen molar-refractivity contribution >= 4 is 17.9 Å². The van der Waals surface area contributed by atoms with Crippen LogP contribution in [0.1, 0.15) is 24.0 Å². The minimum atomic E-state index is -0.271. The molecule has 2 N–H and O–H groups in total. The molecule has 0 radical (unpaired) electrons. The van der Waals surface area contributed by atoms with Crippen molar-refractivity contribution in [2.45, 2.75) is 19.4 Å². The van der Waals surface area contributed by atoms with Gasteiger partial charge in [0, 0.05) is 25.1 Å². The summed E-state index contributed by atoms with van der Waals surface area (Å²) in [5.41, 5.74) is 7.37. The summed E-state index contributed by atoms with van der Waals surface area (Å²) in [6, 6.07) is 17.6. The van der Waals surface area contributed by atoms with Gasteiger partial charge in [-0.1, -0.05) is 42.5 Å². The maximum Gasteiger partial charge on any atom is 0.246 e. The quantitative estimate of drug-likeness (QED) is 0.801. The van der Waals surface area contributed by atoms with Crippen LogP contribution in [0.4, 0.5) is 0 Å². The van der Waals surface area contributed by atoms with Gasteiger partial charge in [0.25, 0.3) is 0 Å². The summed E-state index contributed by atoms with van der Waals surface area (Å²) < 4.78 is 5.76. The first-order valence-corrected chi connectivity index (χ1v) is 9.15. The highest BCUT2D eigenvalue weighted by molar-refractivity contribution is 5.92. The van der Waals surface area contributed by atoms with Crippen LogP contribution in [0.5, 0.6) is 5.75 Å². The maximum atomic E-state index is 12.3. The van der Waals surface area contributed by atoms with Gasteiger partial charge in [0.1, 0.15) is 12.4 Å². The van der Waals surface area contributed by atoms with E-state index < -0.39 is 0 Å². The van der Waals surface area contributed by atoms with Gasteiger partial charge in [-0.3, -0.25) is 9.59 Å². The molecule has 5 heteroatoms. The Bertz CT molecular complexity index is 792. The lowest BCUT2D eigenvalue weighted by Gasteiger charge is -2.29. The van der Waals surface area contributed by atoms with Crippen LogP contribution in [-0.2, 0) is 16.2 Å². The standard InChI is InChI=1S/C22H24N2O3/c23-22(26)19-12-14-24(15-13-19)21(25)11-8-17-6-9-20(10-7-17)27-16-18-4-2-1-3-5-18/h1-11,19H,12-16H2,(H2,23,26)/b11-8+. The number of hydrogen-bond donors (Lipinski definition) is 1. The summed E-state index contributed by atoms with van der Waals surface area (Å²) in [5.74, 6) is 0.367. The number of piperidine rings is 1. The molecule has 0 atom stereocenters. The Morgan fingerprint density at radius 3 is 2.33 bits per heavy atom. The SMILES string of the molecule is NC(=O)C1CCN(C(=O)/C=C/c2ccc(OCc3ccccc3)cc2)CC1. The number of ether oxygens (including phenoxy) is 1. The van der Waals surface area contributed by atoms with E-state index in [9.17, 15) is 9.59 Å². The number of benzene rings is 2. The molecule has 2 aromatic carbocycles. The fourth-order valence-corrected chi connectivity index (χ4v) is 3.07. The van der Waals surface area contributed by atoms with Crippen molar-refractivity contribution < 1.29 is 14.3 Å². The minimum Gasteiger partial charge on any atom is -0.489 e. The highest BCUT2D eigenvalue weighted by Crippen LogP contribution is 2.18. The monoisotopic (exact) mass is 364 g/mol. The molecular formula is C22H24N2O3. The Kier molecular flexibility index (Phi) is 6.26. The first-order valence-electron chi connectivity index (χ1n) is 9.15. The van der Waals surface area contributed by atoms with Crippen molar-refractivity contribution in [2.75, 3.05) is 13.1 Å². The predicted molar refractivity (Wildman–Crippen MR) is 105 cm³/mol. The van der Waals surface area contributed by atoms with E-state index in [0.717, 1.165) is 16.9 Å². The maximum absolute atomic E-state index is 12.3. The smallest absolute Gasteiger partial charge is 0.246 e. The van der Waals surface area contributed by atoms with Gasteiger partial charge in [0.15, 0.2) is 0 Å². The van der Waals surface area contributed by atoms with E-state index in [1.807, 2.05) is 54.6 Å². The second kappa shape index (κ2) is 9.03. The zero-order valence-electron chi connectivity index (χ0n) is 15.2. The van der Waals surface area contributed by atoms with Gasteiger partial charge in [-0.15, -0.1) is 0 Å². The molecule has 0 unspecified atom stereocenters. The molecule has 0 aliphatic carbocycles. The Hall–Kier alpha value is -3.08. The molecule has 140 valence electrons. The molecule has 2 amide bonds. The molecule has 0 bridgehead atoms. The van der Waals surface area contributed by atoms with E-state index in [1.54, 1.807) is 17.1 Å². The fraction of sp³-hybridized carbons (Fsp3) is 0.273. The summed E-state index contributed by atoms with van der Waals surface area (Å²) in [6.45, 7) is 1.67. The third-order valence-corrected chi connectivity index (χ3v) is 4.76. The molecule has 2 aromatic rings. The number of likely N-dealkylation sites (tertiary alicyclic amines) is 1. The van der Waals surface area contributed by atoms with Crippen LogP contribution >= 0.6 is 0 Å². The van der Waals surface area contributed by atoms with Crippen molar-refractivity contribution in [3.63, 3.8) is 0 Å². The van der Waals surface area contributed by atoms with Gasteiger partial charge in [0.05, 0.1) is 0 Å². The number of primary amides is 1. The van der Waals surface area contributed by atoms with E-state index >= 15 is 0 Å². The van der Waals surface area contributed by atoms with Crippen molar-refractivity contribution in [2.24, 2.45) is 11.7 Å². The highest BCUT2D eigenvalue weighted by atomic mass is 16.5. The van der Waals surface area contributed by atoms with Gasteiger partial charge in [-0.25, -0.2) is 0 Å². The number of carbonyl (C=O) groups excluding carboxylic acids is 2. The normalized spacial score (nSPS) is 15.0. The molecule has 1 saturated heterocycles. The van der Waals surface area contributed by atoms with Gasteiger partial charge >= 0.3 is 0 Å². The Morgan fingerprint density at radius 2 is 1.70 bits per heavy atom. The first-order chi connectivity index (χ1) is 13.1. The van der Waals surface area contributed by atoms with Crippen molar-refractivity contribution in [3.8, 4) is 5.75 Å². The molecule has 1 aliphatic rings. The van der Waals surface area contributed by atoms with Gasteiger partial charge in [-0.2, -0.15) is 0 Å². The van der Waals surface area contributed by atoms with E-state index in [-0.39, 0.29) is 17.7 Å². The molecule has 0 spiro atoms. The Morgan fingerprint density at radius 1 is 1.04 bits per heavy atom. The van der Waals surface area contributed by atoms with Crippen molar-refractivity contribution in [3.05, 3.63) is 71.8 Å². The number of carbonyl (C=O) groups is 2. The first kappa shape index (κ1) is 18.7. The van der Waals surface area contributed by atoms with Crippen LogP contribution in [0.15, 0.2) is 60.7 Å². The average Bonchev–Trinajstić information content (AvgIpc) is 2.72.